The maximum absolute atomic E-state index is 10.6. The summed E-state index contributed by atoms with van der Waals surface area (Å²) in [6.45, 7) is 11.5. The molecule has 0 heterocycles. The molecule has 1 fully saturated rings. The molecule has 0 aromatic carbocycles. The van der Waals surface area contributed by atoms with E-state index < -0.39 is 5.97 Å². The zero-order valence-corrected chi connectivity index (χ0v) is 13.8. The summed E-state index contributed by atoms with van der Waals surface area (Å²) in [5.41, 5.74) is 3.41. The van der Waals surface area contributed by atoms with Crippen molar-refractivity contribution in [3.63, 3.8) is 0 Å². The number of carboxylic acid groups (broad SMARTS) is 1. The molecule has 1 N–H and O–H groups in total. The molecular formula is C16H28O2S. The quantitative estimate of drug-likeness (QED) is 0.741. The van der Waals surface area contributed by atoms with Gasteiger partial charge in [-0.15, -0.1) is 0 Å². The standard InChI is InChI=1S/C16H28O2S/c1-11(2)14-10-13(19-9-7-15(17)18)6-8-16(14,5)12(3)4/h12-13H,6-10H2,1-5H3,(H,17,18)/t13?,16-/m1/s1. The normalized spacial score (nSPS) is 27.7. The molecule has 110 valence electrons. The predicted octanol–water partition coefficient (Wildman–Crippen LogP) is 4.75. The summed E-state index contributed by atoms with van der Waals surface area (Å²) in [5.74, 6) is 0.731. The van der Waals surface area contributed by atoms with Crippen LogP contribution >= 0.6 is 11.8 Å². The highest BCUT2D eigenvalue weighted by atomic mass is 32.2. The molecule has 0 spiro atoms. The summed E-state index contributed by atoms with van der Waals surface area (Å²) in [6.07, 6.45) is 3.87. The molecule has 1 aliphatic carbocycles. The first-order valence-corrected chi connectivity index (χ1v) is 8.32. The van der Waals surface area contributed by atoms with Crippen molar-refractivity contribution >= 4 is 17.7 Å². The SMILES string of the molecule is CC(C)=C1CC(SCCC(=O)O)CC[C@]1(C)C(C)C. The van der Waals surface area contributed by atoms with Gasteiger partial charge in [0.2, 0.25) is 0 Å². The van der Waals surface area contributed by atoms with E-state index in [-0.39, 0.29) is 6.42 Å². The smallest absolute Gasteiger partial charge is 0.304 e. The monoisotopic (exact) mass is 284 g/mol. The van der Waals surface area contributed by atoms with Crippen LogP contribution in [0.15, 0.2) is 11.1 Å². The van der Waals surface area contributed by atoms with Crippen molar-refractivity contribution in [2.45, 2.75) is 65.6 Å². The van der Waals surface area contributed by atoms with E-state index in [0.29, 0.717) is 16.6 Å². The minimum Gasteiger partial charge on any atom is -0.481 e. The molecule has 1 saturated carbocycles. The fourth-order valence-corrected chi connectivity index (χ4v) is 4.24. The van der Waals surface area contributed by atoms with Crippen LogP contribution in [0.2, 0.25) is 0 Å². The van der Waals surface area contributed by atoms with Crippen LogP contribution in [0.25, 0.3) is 0 Å². The van der Waals surface area contributed by atoms with E-state index in [0.717, 1.165) is 12.2 Å². The molecule has 1 unspecified atom stereocenters. The summed E-state index contributed by atoms with van der Waals surface area (Å²) in [7, 11) is 0. The zero-order valence-electron chi connectivity index (χ0n) is 13.0. The van der Waals surface area contributed by atoms with Crippen LogP contribution in [0.3, 0.4) is 0 Å². The number of thioether (sulfide) groups is 1. The van der Waals surface area contributed by atoms with Gasteiger partial charge in [-0.25, -0.2) is 0 Å². The van der Waals surface area contributed by atoms with Crippen molar-refractivity contribution in [2.75, 3.05) is 5.75 Å². The first-order chi connectivity index (χ1) is 8.77. The van der Waals surface area contributed by atoms with Crippen molar-refractivity contribution < 1.29 is 9.90 Å². The van der Waals surface area contributed by atoms with Gasteiger partial charge >= 0.3 is 5.97 Å². The van der Waals surface area contributed by atoms with Crippen LogP contribution in [0.5, 0.6) is 0 Å². The molecule has 0 saturated heterocycles. The lowest BCUT2D eigenvalue weighted by atomic mass is 9.64. The molecule has 19 heavy (non-hydrogen) atoms. The third-order valence-electron chi connectivity index (χ3n) is 4.65. The molecule has 0 aromatic rings. The Bertz CT molecular complexity index is 356. The minimum atomic E-state index is -0.683. The first-order valence-electron chi connectivity index (χ1n) is 7.27. The molecule has 1 aliphatic rings. The van der Waals surface area contributed by atoms with Gasteiger partial charge in [0.15, 0.2) is 0 Å². The second-order valence-electron chi connectivity index (χ2n) is 6.43. The predicted molar refractivity (Wildman–Crippen MR) is 83.7 cm³/mol. The molecule has 0 bridgehead atoms. The molecule has 0 aliphatic heterocycles. The van der Waals surface area contributed by atoms with Gasteiger partial charge in [-0.05, 0) is 44.4 Å². The van der Waals surface area contributed by atoms with Gasteiger partial charge in [0.1, 0.15) is 0 Å². The van der Waals surface area contributed by atoms with Gasteiger partial charge in [0, 0.05) is 11.0 Å². The molecule has 2 nitrogen and oxygen atoms in total. The van der Waals surface area contributed by atoms with E-state index in [1.165, 1.54) is 18.4 Å². The topological polar surface area (TPSA) is 37.3 Å². The van der Waals surface area contributed by atoms with Gasteiger partial charge in [0.25, 0.3) is 0 Å². The molecule has 0 amide bonds. The average Bonchev–Trinajstić information content (AvgIpc) is 2.30. The number of allylic oxidation sites excluding steroid dienone is 2. The van der Waals surface area contributed by atoms with Gasteiger partial charge in [-0.1, -0.05) is 31.9 Å². The maximum atomic E-state index is 10.6. The second kappa shape index (κ2) is 6.83. The van der Waals surface area contributed by atoms with Gasteiger partial charge in [-0.2, -0.15) is 11.8 Å². The molecule has 3 heteroatoms. The number of carboxylic acids is 1. The molecule has 1 rings (SSSR count). The highest BCUT2D eigenvalue weighted by Crippen LogP contribution is 2.49. The van der Waals surface area contributed by atoms with Crippen LogP contribution in [0, 0.1) is 11.3 Å². The Morgan fingerprint density at radius 1 is 1.47 bits per heavy atom. The molecular weight excluding hydrogens is 256 g/mol. The number of aliphatic carboxylic acids is 1. The van der Waals surface area contributed by atoms with Crippen LogP contribution in [0.4, 0.5) is 0 Å². The number of rotatable bonds is 5. The molecule has 0 aromatic heterocycles. The Labute approximate surface area is 122 Å². The maximum Gasteiger partial charge on any atom is 0.304 e. The van der Waals surface area contributed by atoms with Crippen LogP contribution in [-0.2, 0) is 4.79 Å². The summed E-state index contributed by atoms with van der Waals surface area (Å²) in [6, 6.07) is 0. The van der Waals surface area contributed by atoms with Crippen LogP contribution in [0.1, 0.15) is 60.3 Å². The van der Waals surface area contributed by atoms with Crippen molar-refractivity contribution in [3.05, 3.63) is 11.1 Å². The Morgan fingerprint density at radius 3 is 2.58 bits per heavy atom. The van der Waals surface area contributed by atoms with E-state index in [9.17, 15) is 4.79 Å². The largest absolute Gasteiger partial charge is 0.481 e. The van der Waals surface area contributed by atoms with E-state index in [1.54, 1.807) is 5.57 Å². The fourth-order valence-electron chi connectivity index (χ4n) is 3.04. The number of hydrogen-bond donors (Lipinski definition) is 1. The third-order valence-corrected chi connectivity index (χ3v) is 5.97. The van der Waals surface area contributed by atoms with Gasteiger partial charge in [-0.3, -0.25) is 4.79 Å². The lowest BCUT2D eigenvalue weighted by Crippen LogP contribution is -2.34. The van der Waals surface area contributed by atoms with Crippen molar-refractivity contribution in [1.82, 2.24) is 0 Å². The first kappa shape index (κ1) is 16.6. The van der Waals surface area contributed by atoms with Crippen molar-refractivity contribution in [2.24, 2.45) is 11.3 Å². The number of carbonyl (C=O) groups is 1. The summed E-state index contributed by atoms with van der Waals surface area (Å²) in [4.78, 5) is 10.6. The molecule has 0 radical (unpaired) electrons. The fraction of sp³-hybridized carbons (Fsp3) is 0.812. The summed E-state index contributed by atoms with van der Waals surface area (Å²) >= 11 is 1.84. The average molecular weight is 284 g/mol. The highest BCUT2D eigenvalue weighted by molar-refractivity contribution is 7.99. The minimum absolute atomic E-state index is 0.284. The Morgan fingerprint density at radius 2 is 2.11 bits per heavy atom. The van der Waals surface area contributed by atoms with Crippen molar-refractivity contribution in [1.29, 1.82) is 0 Å². The number of hydrogen-bond acceptors (Lipinski definition) is 2. The second-order valence-corrected chi connectivity index (χ2v) is 7.84. The molecule has 2 atom stereocenters. The lowest BCUT2D eigenvalue weighted by molar-refractivity contribution is -0.136. The Hall–Kier alpha value is -0.440. The lowest BCUT2D eigenvalue weighted by Gasteiger charge is -2.44. The van der Waals surface area contributed by atoms with E-state index >= 15 is 0 Å². The van der Waals surface area contributed by atoms with E-state index in [2.05, 4.69) is 34.6 Å². The van der Waals surface area contributed by atoms with Crippen LogP contribution in [-0.4, -0.2) is 22.1 Å². The van der Waals surface area contributed by atoms with Gasteiger partial charge in [0.05, 0.1) is 6.42 Å². The van der Waals surface area contributed by atoms with E-state index in [4.69, 9.17) is 5.11 Å². The Kier molecular flexibility index (Phi) is 5.97. The van der Waals surface area contributed by atoms with Crippen LogP contribution < -0.4 is 0 Å². The summed E-state index contributed by atoms with van der Waals surface area (Å²) in [5, 5.41) is 9.32. The summed E-state index contributed by atoms with van der Waals surface area (Å²) < 4.78 is 0. The van der Waals surface area contributed by atoms with Crippen molar-refractivity contribution in [3.8, 4) is 0 Å². The van der Waals surface area contributed by atoms with Gasteiger partial charge < -0.3 is 5.11 Å². The van der Waals surface area contributed by atoms with E-state index in [1.807, 2.05) is 11.8 Å². The Balaban J connectivity index is 2.68. The zero-order chi connectivity index (χ0) is 14.6. The third kappa shape index (κ3) is 4.27. The highest BCUT2D eigenvalue weighted by Gasteiger charge is 2.38.